The number of hydrogen-bond acceptors (Lipinski definition) is 2. The Hall–Kier alpha value is -1.68. The van der Waals surface area contributed by atoms with E-state index in [-0.39, 0.29) is 11.9 Å². The van der Waals surface area contributed by atoms with Gasteiger partial charge in [-0.05, 0) is 49.4 Å². The zero-order valence-corrected chi connectivity index (χ0v) is 11.0. The normalized spacial score (nSPS) is 20.0. The molecule has 0 saturated carbocycles. The van der Waals surface area contributed by atoms with Gasteiger partial charge in [0.1, 0.15) is 5.82 Å². The summed E-state index contributed by atoms with van der Waals surface area (Å²) in [6, 6.07) is 7.40. The Bertz CT molecular complexity index is 564. The second-order valence-corrected chi connectivity index (χ2v) is 5.26. The molecular weight excluding hydrogens is 241 g/mol. The summed E-state index contributed by atoms with van der Waals surface area (Å²) in [5.74, 6) is -0.174. The molecule has 3 rings (SSSR count). The molecule has 0 aliphatic heterocycles. The smallest absolute Gasteiger partial charge is 0.123 e. The summed E-state index contributed by atoms with van der Waals surface area (Å²) in [6.45, 7) is 2.08. The van der Waals surface area contributed by atoms with Crippen LogP contribution in [0.3, 0.4) is 0 Å². The van der Waals surface area contributed by atoms with E-state index in [2.05, 4.69) is 22.4 Å². The fourth-order valence-electron chi connectivity index (χ4n) is 2.78. The van der Waals surface area contributed by atoms with Crippen LogP contribution in [0.15, 0.2) is 30.5 Å². The zero-order valence-electron chi connectivity index (χ0n) is 11.0. The minimum Gasteiger partial charge on any atom is -0.307 e. The minimum atomic E-state index is -0.174. The maximum atomic E-state index is 13.2. The number of nitrogens with one attached hydrogen (secondary N) is 2. The standard InChI is InChI=1S/C15H18FN3/c1-10(11-3-2-4-13(16)7-11)18-14-5-6-15-12(8-14)9-17-19-15/h2-4,7,9-10,14,18H,5-6,8H2,1H3,(H,17,19)/t10-,14-/m0/s1. The van der Waals surface area contributed by atoms with E-state index < -0.39 is 0 Å². The third-order valence-corrected chi connectivity index (χ3v) is 3.85. The first-order valence-electron chi connectivity index (χ1n) is 6.75. The van der Waals surface area contributed by atoms with Gasteiger partial charge in [-0.15, -0.1) is 0 Å². The van der Waals surface area contributed by atoms with Gasteiger partial charge < -0.3 is 5.32 Å². The predicted molar refractivity (Wildman–Crippen MR) is 72.4 cm³/mol. The number of H-pyrrole nitrogens is 1. The van der Waals surface area contributed by atoms with E-state index in [0.29, 0.717) is 6.04 Å². The summed E-state index contributed by atoms with van der Waals surface area (Å²) in [5, 5.41) is 10.7. The lowest BCUT2D eigenvalue weighted by molar-refractivity contribution is 0.411. The highest BCUT2D eigenvalue weighted by molar-refractivity contribution is 5.23. The molecule has 0 unspecified atom stereocenters. The number of aryl methyl sites for hydroxylation is 1. The van der Waals surface area contributed by atoms with Crippen LogP contribution in [0.1, 0.15) is 36.2 Å². The summed E-state index contributed by atoms with van der Waals surface area (Å²) in [7, 11) is 0. The van der Waals surface area contributed by atoms with Crippen LogP contribution in [-0.2, 0) is 12.8 Å². The lowest BCUT2D eigenvalue weighted by Gasteiger charge is -2.26. The van der Waals surface area contributed by atoms with Crippen molar-refractivity contribution in [2.75, 3.05) is 0 Å². The van der Waals surface area contributed by atoms with Crippen molar-refractivity contribution in [3.05, 3.63) is 53.1 Å². The van der Waals surface area contributed by atoms with Crippen molar-refractivity contribution in [1.29, 1.82) is 0 Å². The van der Waals surface area contributed by atoms with Crippen molar-refractivity contribution < 1.29 is 4.39 Å². The van der Waals surface area contributed by atoms with E-state index in [9.17, 15) is 4.39 Å². The van der Waals surface area contributed by atoms with E-state index in [1.807, 2.05) is 12.3 Å². The lowest BCUT2D eigenvalue weighted by Crippen LogP contribution is -2.36. The Morgan fingerprint density at radius 3 is 3.21 bits per heavy atom. The van der Waals surface area contributed by atoms with Crippen molar-refractivity contribution in [1.82, 2.24) is 15.5 Å². The van der Waals surface area contributed by atoms with Gasteiger partial charge in [-0.2, -0.15) is 5.10 Å². The molecule has 2 N–H and O–H groups in total. The Morgan fingerprint density at radius 2 is 2.37 bits per heavy atom. The summed E-state index contributed by atoms with van der Waals surface area (Å²) in [6.07, 6.45) is 5.03. The van der Waals surface area contributed by atoms with Crippen LogP contribution >= 0.6 is 0 Å². The molecule has 0 spiro atoms. The van der Waals surface area contributed by atoms with Crippen LogP contribution in [0.5, 0.6) is 0 Å². The third kappa shape index (κ3) is 2.68. The molecule has 1 aliphatic rings. The monoisotopic (exact) mass is 259 g/mol. The highest BCUT2D eigenvalue weighted by Gasteiger charge is 2.21. The molecule has 1 heterocycles. The van der Waals surface area contributed by atoms with Crippen LogP contribution in [0.2, 0.25) is 0 Å². The minimum absolute atomic E-state index is 0.161. The maximum absolute atomic E-state index is 13.2. The molecule has 3 nitrogen and oxygen atoms in total. The third-order valence-electron chi connectivity index (χ3n) is 3.85. The number of nitrogens with zero attached hydrogens (tertiary/aromatic N) is 1. The van der Waals surface area contributed by atoms with Gasteiger partial charge in [0.05, 0.1) is 6.20 Å². The summed E-state index contributed by atoms with van der Waals surface area (Å²) < 4.78 is 13.2. The number of aromatic amines is 1. The van der Waals surface area contributed by atoms with E-state index in [1.165, 1.54) is 17.3 Å². The van der Waals surface area contributed by atoms with E-state index >= 15 is 0 Å². The van der Waals surface area contributed by atoms with Crippen molar-refractivity contribution in [2.45, 2.75) is 38.3 Å². The lowest BCUT2D eigenvalue weighted by atomic mass is 9.92. The van der Waals surface area contributed by atoms with Gasteiger partial charge in [0, 0.05) is 17.8 Å². The number of hydrogen-bond donors (Lipinski definition) is 2. The second-order valence-electron chi connectivity index (χ2n) is 5.26. The molecule has 0 amide bonds. The maximum Gasteiger partial charge on any atom is 0.123 e. The molecule has 0 saturated heterocycles. The molecule has 2 aromatic rings. The van der Waals surface area contributed by atoms with Gasteiger partial charge in [0.2, 0.25) is 0 Å². The summed E-state index contributed by atoms with van der Waals surface area (Å²) >= 11 is 0. The molecule has 0 bridgehead atoms. The van der Waals surface area contributed by atoms with Crippen molar-refractivity contribution in [2.24, 2.45) is 0 Å². The molecule has 0 fully saturated rings. The van der Waals surface area contributed by atoms with Crippen LogP contribution in [0, 0.1) is 5.82 Å². The average Bonchev–Trinajstić information content (AvgIpc) is 2.86. The van der Waals surface area contributed by atoms with Crippen LogP contribution < -0.4 is 5.32 Å². The fraction of sp³-hybridized carbons (Fsp3) is 0.400. The Kier molecular flexibility index (Phi) is 3.34. The molecule has 1 aliphatic carbocycles. The Labute approximate surface area is 112 Å². The van der Waals surface area contributed by atoms with E-state index in [1.54, 1.807) is 12.1 Å². The first kappa shape index (κ1) is 12.4. The van der Waals surface area contributed by atoms with E-state index in [0.717, 1.165) is 24.8 Å². The first-order valence-corrected chi connectivity index (χ1v) is 6.75. The number of aromatic nitrogens is 2. The van der Waals surface area contributed by atoms with Crippen LogP contribution in [-0.4, -0.2) is 16.2 Å². The topological polar surface area (TPSA) is 40.7 Å². The molecule has 2 atom stereocenters. The highest BCUT2D eigenvalue weighted by atomic mass is 19.1. The first-order chi connectivity index (χ1) is 9.22. The second kappa shape index (κ2) is 5.13. The largest absolute Gasteiger partial charge is 0.307 e. The number of halogens is 1. The van der Waals surface area contributed by atoms with Crippen LogP contribution in [0.4, 0.5) is 4.39 Å². The quantitative estimate of drug-likeness (QED) is 0.890. The average molecular weight is 259 g/mol. The Morgan fingerprint density at radius 1 is 1.47 bits per heavy atom. The van der Waals surface area contributed by atoms with Crippen LogP contribution in [0.25, 0.3) is 0 Å². The fourth-order valence-corrected chi connectivity index (χ4v) is 2.78. The van der Waals surface area contributed by atoms with Crippen molar-refractivity contribution in [3.8, 4) is 0 Å². The zero-order chi connectivity index (χ0) is 13.2. The van der Waals surface area contributed by atoms with Gasteiger partial charge >= 0.3 is 0 Å². The molecule has 1 aromatic carbocycles. The SMILES string of the molecule is C[C@H](N[C@H]1CCc2[nH]ncc2C1)c1cccc(F)c1. The molecule has 19 heavy (non-hydrogen) atoms. The molecule has 100 valence electrons. The van der Waals surface area contributed by atoms with Gasteiger partial charge in [-0.25, -0.2) is 4.39 Å². The highest BCUT2D eigenvalue weighted by Crippen LogP contribution is 2.22. The van der Waals surface area contributed by atoms with Crippen molar-refractivity contribution >= 4 is 0 Å². The molecular formula is C15H18FN3. The number of rotatable bonds is 3. The molecule has 4 heteroatoms. The molecule has 1 aromatic heterocycles. The van der Waals surface area contributed by atoms with Gasteiger partial charge in [0.25, 0.3) is 0 Å². The van der Waals surface area contributed by atoms with E-state index in [4.69, 9.17) is 0 Å². The summed E-state index contributed by atoms with van der Waals surface area (Å²) in [4.78, 5) is 0. The number of fused-ring (bicyclic) bond motifs is 1. The van der Waals surface area contributed by atoms with Gasteiger partial charge in [-0.3, -0.25) is 5.10 Å². The summed E-state index contributed by atoms with van der Waals surface area (Å²) in [5.41, 5.74) is 3.56. The molecule has 0 radical (unpaired) electrons. The Balaban J connectivity index is 1.66. The number of benzene rings is 1. The predicted octanol–water partition coefficient (Wildman–Crippen LogP) is 2.76. The van der Waals surface area contributed by atoms with Crippen molar-refractivity contribution in [3.63, 3.8) is 0 Å². The van der Waals surface area contributed by atoms with Gasteiger partial charge in [-0.1, -0.05) is 12.1 Å². The van der Waals surface area contributed by atoms with Gasteiger partial charge in [0.15, 0.2) is 0 Å².